The van der Waals surface area contributed by atoms with E-state index < -0.39 is 0 Å². The normalized spacial score (nSPS) is 18.1. The summed E-state index contributed by atoms with van der Waals surface area (Å²) in [4.78, 5) is 2.40. The maximum Gasteiger partial charge on any atom is 0.134 e. The van der Waals surface area contributed by atoms with E-state index in [1.54, 1.807) is 7.11 Å². The van der Waals surface area contributed by atoms with Crippen molar-refractivity contribution >= 4 is 15.9 Å². The van der Waals surface area contributed by atoms with Crippen molar-refractivity contribution in [2.75, 3.05) is 26.8 Å². The molecule has 0 atom stereocenters. The first-order chi connectivity index (χ1) is 8.70. The summed E-state index contributed by atoms with van der Waals surface area (Å²) in [6, 6.07) is 5.82. The summed E-state index contributed by atoms with van der Waals surface area (Å²) >= 11 is 3.36. The molecule has 1 aromatic rings. The smallest absolute Gasteiger partial charge is 0.134 e. The number of nitrogens with zero attached hydrogens (tertiary/aromatic N) is 1. The molecule has 0 spiro atoms. The van der Waals surface area contributed by atoms with Gasteiger partial charge >= 0.3 is 0 Å². The van der Waals surface area contributed by atoms with Gasteiger partial charge in [-0.25, -0.2) is 0 Å². The average molecular weight is 314 g/mol. The second-order valence-corrected chi connectivity index (χ2v) is 5.78. The lowest BCUT2D eigenvalue weighted by molar-refractivity contribution is 0.0965. The molecule has 0 amide bonds. The molecule has 2 rings (SSSR count). The van der Waals surface area contributed by atoms with Crippen LogP contribution < -0.4 is 0 Å². The molecule has 4 heteroatoms. The SMILES string of the molecule is COCC1CCN(Cc2cccc(Br)c2O)CC1. The van der Waals surface area contributed by atoms with Gasteiger partial charge in [-0.15, -0.1) is 0 Å². The van der Waals surface area contributed by atoms with Crippen molar-refractivity contribution in [3.8, 4) is 5.75 Å². The number of aromatic hydroxyl groups is 1. The fourth-order valence-electron chi connectivity index (χ4n) is 2.48. The third-order valence-corrected chi connectivity index (χ3v) is 4.21. The van der Waals surface area contributed by atoms with Gasteiger partial charge in [0.1, 0.15) is 5.75 Å². The molecule has 1 aliphatic heterocycles. The van der Waals surface area contributed by atoms with Gasteiger partial charge < -0.3 is 9.84 Å². The zero-order chi connectivity index (χ0) is 13.0. The molecule has 0 bridgehead atoms. The number of halogens is 1. The maximum atomic E-state index is 9.97. The second-order valence-electron chi connectivity index (χ2n) is 4.92. The first-order valence-corrected chi connectivity index (χ1v) is 7.17. The Hall–Kier alpha value is -0.580. The summed E-state index contributed by atoms with van der Waals surface area (Å²) in [5, 5.41) is 9.97. The highest BCUT2D eigenvalue weighted by molar-refractivity contribution is 9.10. The van der Waals surface area contributed by atoms with Gasteiger partial charge in [0.2, 0.25) is 0 Å². The van der Waals surface area contributed by atoms with Crippen LogP contribution in [0.5, 0.6) is 5.75 Å². The summed E-state index contributed by atoms with van der Waals surface area (Å²) in [5.41, 5.74) is 0.995. The number of para-hydroxylation sites is 1. The van der Waals surface area contributed by atoms with E-state index in [4.69, 9.17) is 4.74 Å². The van der Waals surface area contributed by atoms with Crippen LogP contribution in [-0.2, 0) is 11.3 Å². The van der Waals surface area contributed by atoms with Crippen LogP contribution in [0, 0.1) is 5.92 Å². The lowest BCUT2D eigenvalue weighted by Crippen LogP contribution is -2.34. The zero-order valence-electron chi connectivity index (χ0n) is 10.7. The predicted molar refractivity (Wildman–Crippen MR) is 75.7 cm³/mol. The molecular formula is C14H20BrNO2. The summed E-state index contributed by atoms with van der Waals surface area (Å²) in [6.07, 6.45) is 2.37. The zero-order valence-corrected chi connectivity index (χ0v) is 12.3. The van der Waals surface area contributed by atoms with Gasteiger partial charge in [0, 0.05) is 25.8 Å². The van der Waals surface area contributed by atoms with E-state index in [9.17, 15) is 5.11 Å². The highest BCUT2D eigenvalue weighted by Crippen LogP contribution is 2.29. The molecule has 0 unspecified atom stereocenters. The van der Waals surface area contributed by atoms with Gasteiger partial charge in [-0.05, 0) is 53.8 Å². The van der Waals surface area contributed by atoms with E-state index in [-0.39, 0.29) is 0 Å². The molecular weight excluding hydrogens is 294 g/mol. The van der Waals surface area contributed by atoms with Crippen molar-refractivity contribution in [2.45, 2.75) is 19.4 Å². The summed E-state index contributed by atoms with van der Waals surface area (Å²) in [6.45, 7) is 3.86. The van der Waals surface area contributed by atoms with E-state index in [0.717, 1.165) is 36.3 Å². The van der Waals surface area contributed by atoms with Crippen molar-refractivity contribution in [1.82, 2.24) is 4.90 Å². The molecule has 100 valence electrons. The minimum Gasteiger partial charge on any atom is -0.506 e. The Morgan fingerprint density at radius 3 is 2.78 bits per heavy atom. The van der Waals surface area contributed by atoms with Crippen LogP contribution in [0.4, 0.5) is 0 Å². The fourth-order valence-corrected chi connectivity index (χ4v) is 2.88. The number of phenolic OH excluding ortho intramolecular Hbond substituents is 1. The van der Waals surface area contributed by atoms with Gasteiger partial charge in [-0.1, -0.05) is 12.1 Å². The van der Waals surface area contributed by atoms with Crippen LogP contribution in [0.15, 0.2) is 22.7 Å². The average Bonchev–Trinajstić information content (AvgIpc) is 2.38. The Kier molecular flexibility index (Phi) is 5.03. The van der Waals surface area contributed by atoms with E-state index in [0.29, 0.717) is 11.7 Å². The van der Waals surface area contributed by atoms with Crippen molar-refractivity contribution in [3.63, 3.8) is 0 Å². The molecule has 0 aliphatic carbocycles. The number of hydrogen-bond donors (Lipinski definition) is 1. The molecule has 0 radical (unpaired) electrons. The summed E-state index contributed by atoms with van der Waals surface area (Å²) in [5.74, 6) is 1.07. The summed E-state index contributed by atoms with van der Waals surface area (Å²) < 4.78 is 5.98. The Morgan fingerprint density at radius 1 is 1.39 bits per heavy atom. The van der Waals surface area contributed by atoms with Crippen LogP contribution in [0.2, 0.25) is 0 Å². The maximum absolute atomic E-state index is 9.97. The monoisotopic (exact) mass is 313 g/mol. The molecule has 1 fully saturated rings. The Balaban J connectivity index is 1.90. The lowest BCUT2D eigenvalue weighted by Gasteiger charge is -2.31. The Labute approximate surface area is 117 Å². The van der Waals surface area contributed by atoms with Crippen molar-refractivity contribution in [1.29, 1.82) is 0 Å². The van der Waals surface area contributed by atoms with Gasteiger partial charge in [-0.2, -0.15) is 0 Å². The second kappa shape index (κ2) is 6.55. The summed E-state index contributed by atoms with van der Waals surface area (Å²) in [7, 11) is 1.77. The number of methoxy groups -OCH3 is 1. The van der Waals surface area contributed by atoms with E-state index in [1.807, 2.05) is 18.2 Å². The van der Waals surface area contributed by atoms with Crippen LogP contribution in [0.1, 0.15) is 18.4 Å². The van der Waals surface area contributed by atoms with Crippen LogP contribution in [-0.4, -0.2) is 36.8 Å². The molecule has 1 N–H and O–H groups in total. The first kappa shape index (κ1) is 13.8. The number of likely N-dealkylation sites (tertiary alicyclic amines) is 1. The minimum absolute atomic E-state index is 0.372. The molecule has 1 heterocycles. The van der Waals surface area contributed by atoms with E-state index in [1.165, 1.54) is 12.8 Å². The van der Waals surface area contributed by atoms with E-state index >= 15 is 0 Å². The standard InChI is InChI=1S/C14H20BrNO2/c1-18-10-11-5-7-16(8-6-11)9-12-3-2-4-13(15)14(12)17/h2-4,11,17H,5-10H2,1H3. The highest BCUT2D eigenvalue weighted by Gasteiger charge is 2.20. The van der Waals surface area contributed by atoms with E-state index in [2.05, 4.69) is 20.8 Å². The van der Waals surface area contributed by atoms with Crippen molar-refractivity contribution < 1.29 is 9.84 Å². The van der Waals surface area contributed by atoms with Gasteiger partial charge in [0.15, 0.2) is 0 Å². The van der Waals surface area contributed by atoms with Crippen molar-refractivity contribution in [2.24, 2.45) is 5.92 Å². The predicted octanol–water partition coefficient (Wildman–Crippen LogP) is 3.01. The Morgan fingerprint density at radius 2 is 2.11 bits per heavy atom. The van der Waals surface area contributed by atoms with Crippen LogP contribution >= 0.6 is 15.9 Å². The number of benzene rings is 1. The number of piperidine rings is 1. The molecule has 1 aliphatic rings. The van der Waals surface area contributed by atoms with Crippen molar-refractivity contribution in [3.05, 3.63) is 28.2 Å². The van der Waals surface area contributed by atoms with Crippen LogP contribution in [0.3, 0.4) is 0 Å². The first-order valence-electron chi connectivity index (χ1n) is 6.38. The van der Waals surface area contributed by atoms with Gasteiger partial charge in [-0.3, -0.25) is 4.90 Å². The number of ether oxygens (including phenoxy) is 1. The largest absolute Gasteiger partial charge is 0.506 e. The quantitative estimate of drug-likeness (QED) is 0.927. The highest BCUT2D eigenvalue weighted by atomic mass is 79.9. The number of hydrogen-bond acceptors (Lipinski definition) is 3. The molecule has 1 saturated heterocycles. The fraction of sp³-hybridized carbons (Fsp3) is 0.571. The van der Waals surface area contributed by atoms with Gasteiger partial charge in [0.25, 0.3) is 0 Å². The van der Waals surface area contributed by atoms with Gasteiger partial charge in [0.05, 0.1) is 4.47 Å². The molecule has 0 saturated carbocycles. The minimum atomic E-state index is 0.372. The lowest BCUT2D eigenvalue weighted by atomic mass is 9.97. The molecule has 0 aromatic heterocycles. The number of rotatable bonds is 4. The van der Waals surface area contributed by atoms with Crippen LogP contribution in [0.25, 0.3) is 0 Å². The molecule has 18 heavy (non-hydrogen) atoms. The third-order valence-electron chi connectivity index (χ3n) is 3.57. The topological polar surface area (TPSA) is 32.7 Å². The molecule has 1 aromatic carbocycles. The molecule has 3 nitrogen and oxygen atoms in total. The third kappa shape index (κ3) is 3.46. The Bertz CT molecular complexity index is 389. The number of phenols is 1.